The molecule has 3 rings (SSSR count). The van der Waals surface area contributed by atoms with E-state index in [0.717, 1.165) is 16.3 Å². The first kappa shape index (κ1) is 16.9. The Labute approximate surface area is 149 Å². The lowest BCUT2D eigenvalue weighted by Crippen LogP contribution is -2.01. The average molecular weight is 350 g/mol. The van der Waals surface area contributed by atoms with Crippen molar-refractivity contribution < 1.29 is 4.39 Å². The Hall–Kier alpha value is -2.91. The van der Waals surface area contributed by atoms with Gasteiger partial charge in [-0.05, 0) is 35.9 Å². The molecule has 0 saturated carbocycles. The van der Waals surface area contributed by atoms with Crippen LogP contribution in [0, 0.1) is 17.1 Å². The summed E-state index contributed by atoms with van der Waals surface area (Å²) in [6.07, 6.45) is 1.77. The standard InChI is InChI=1S/C19H15FN4S/c1-2-11-24-18(14-7-9-17(20)10-8-14)22-23-19(24)25-13-16-6-4-3-5-15(16)12-21/h2-10H,1,11,13H2. The summed E-state index contributed by atoms with van der Waals surface area (Å²) in [7, 11) is 0. The van der Waals surface area contributed by atoms with Gasteiger partial charge in [0.25, 0.3) is 0 Å². The summed E-state index contributed by atoms with van der Waals surface area (Å²) in [5.74, 6) is 0.986. The van der Waals surface area contributed by atoms with Gasteiger partial charge in [0.05, 0.1) is 11.6 Å². The van der Waals surface area contributed by atoms with E-state index in [1.807, 2.05) is 22.8 Å². The normalized spacial score (nSPS) is 10.4. The molecule has 0 atom stereocenters. The molecule has 2 aromatic carbocycles. The number of rotatable bonds is 6. The van der Waals surface area contributed by atoms with Crippen LogP contribution in [0.1, 0.15) is 11.1 Å². The van der Waals surface area contributed by atoms with Crippen LogP contribution in [0.15, 0.2) is 66.3 Å². The predicted octanol–water partition coefficient (Wildman–Crippen LogP) is 4.43. The lowest BCUT2D eigenvalue weighted by molar-refractivity contribution is 0.628. The number of thioether (sulfide) groups is 1. The van der Waals surface area contributed by atoms with Gasteiger partial charge in [0.1, 0.15) is 5.82 Å². The minimum absolute atomic E-state index is 0.291. The zero-order valence-corrected chi connectivity index (χ0v) is 14.2. The van der Waals surface area contributed by atoms with E-state index in [2.05, 4.69) is 22.8 Å². The minimum Gasteiger partial charge on any atom is -0.298 e. The molecular weight excluding hydrogens is 335 g/mol. The van der Waals surface area contributed by atoms with Crippen LogP contribution in [0.4, 0.5) is 4.39 Å². The highest BCUT2D eigenvalue weighted by Gasteiger charge is 2.14. The van der Waals surface area contributed by atoms with Gasteiger partial charge < -0.3 is 0 Å². The zero-order valence-electron chi connectivity index (χ0n) is 13.4. The van der Waals surface area contributed by atoms with Gasteiger partial charge in [-0.1, -0.05) is 36.0 Å². The molecule has 124 valence electrons. The average Bonchev–Trinajstić information content (AvgIpc) is 3.04. The van der Waals surface area contributed by atoms with E-state index in [9.17, 15) is 9.65 Å². The highest BCUT2D eigenvalue weighted by atomic mass is 32.2. The van der Waals surface area contributed by atoms with Crippen LogP contribution in [0.3, 0.4) is 0 Å². The molecule has 0 radical (unpaired) electrons. The molecule has 0 aliphatic rings. The van der Waals surface area contributed by atoms with E-state index in [1.165, 1.54) is 23.9 Å². The van der Waals surface area contributed by atoms with Crippen molar-refractivity contribution >= 4 is 11.8 Å². The van der Waals surface area contributed by atoms with Crippen molar-refractivity contribution in [3.63, 3.8) is 0 Å². The lowest BCUT2D eigenvalue weighted by atomic mass is 10.1. The first-order valence-electron chi connectivity index (χ1n) is 7.63. The molecule has 0 saturated heterocycles. The smallest absolute Gasteiger partial charge is 0.192 e. The Bertz CT molecular complexity index is 925. The predicted molar refractivity (Wildman–Crippen MR) is 96.3 cm³/mol. The maximum absolute atomic E-state index is 13.1. The largest absolute Gasteiger partial charge is 0.298 e. The fourth-order valence-corrected chi connectivity index (χ4v) is 3.35. The molecule has 0 fully saturated rings. The van der Waals surface area contributed by atoms with Crippen LogP contribution in [-0.2, 0) is 12.3 Å². The summed E-state index contributed by atoms with van der Waals surface area (Å²) < 4.78 is 15.1. The lowest BCUT2D eigenvalue weighted by Gasteiger charge is -2.08. The number of nitriles is 1. The van der Waals surface area contributed by atoms with E-state index >= 15 is 0 Å². The van der Waals surface area contributed by atoms with Gasteiger partial charge >= 0.3 is 0 Å². The second-order valence-corrected chi connectivity index (χ2v) is 6.21. The third-order valence-corrected chi connectivity index (χ3v) is 4.64. The molecule has 4 nitrogen and oxygen atoms in total. The fraction of sp³-hybridized carbons (Fsp3) is 0.105. The highest BCUT2D eigenvalue weighted by molar-refractivity contribution is 7.98. The molecule has 25 heavy (non-hydrogen) atoms. The summed E-state index contributed by atoms with van der Waals surface area (Å²) in [5, 5.41) is 18.4. The van der Waals surface area contributed by atoms with Crippen molar-refractivity contribution in [3.8, 4) is 17.5 Å². The second kappa shape index (κ2) is 7.77. The van der Waals surface area contributed by atoms with Crippen molar-refractivity contribution in [2.75, 3.05) is 0 Å². The Morgan fingerprint density at radius 3 is 2.64 bits per heavy atom. The molecule has 1 heterocycles. The second-order valence-electron chi connectivity index (χ2n) is 5.27. The quantitative estimate of drug-likeness (QED) is 0.487. The molecule has 1 aromatic heterocycles. The van der Waals surface area contributed by atoms with Crippen molar-refractivity contribution in [1.29, 1.82) is 5.26 Å². The number of aromatic nitrogens is 3. The number of halogens is 1. The molecule has 6 heteroatoms. The van der Waals surface area contributed by atoms with Gasteiger partial charge in [0.15, 0.2) is 11.0 Å². The first-order chi connectivity index (χ1) is 12.2. The van der Waals surface area contributed by atoms with Crippen LogP contribution < -0.4 is 0 Å². The summed E-state index contributed by atoms with van der Waals surface area (Å²) in [6, 6.07) is 15.8. The topological polar surface area (TPSA) is 54.5 Å². The molecule has 0 unspecified atom stereocenters. The van der Waals surface area contributed by atoms with Crippen molar-refractivity contribution in [2.45, 2.75) is 17.5 Å². The monoisotopic (exact) mass is 350 g/mol. The molecule has 0 aliphatic carbocycles. The van der Waals surface area contributed by atoms with E-state index in [-0.39, 0.29) is 5.82 Å². The highest BCUT2D eigenvalue weighted by Crippen LogP contribution is 2.27. The van der Waals surface area contributed by atoms with Gasteiger partial charge in [-0.2, -0.15) is 5.26 Å². The van der Waals surface area contributed by atoms with Gasteiger partial charge in [-0.25, -0.2) is 4.39 Å². The number of benzene rings is 2. The zero-order chi connectivity index (χ0) is 17.6. The number of hydrogen-bond donors (Lipinski definition) is 0. The van der Waals surface area contributed by atoms with E-state index < -0.39 is 0 Å². The molecule has 0 amide bonds. The molecule has 0 bridgehead atoms. The van der Waals surface area contributed by atoms with Crippen molar-refractivity contribution in [2.24, 2.45) is 0 Å². The maximum atomic E-state index is 13.1. The third kappa shape index (κ3) is 3.78. The summed E-state index contributed by atoms with van der Waals surface area (Å²) in [4.78, 5) is 0. The molecular formula is C19H15FN4S. The van der Waals surface area contributed by atoms with Crippen LogP contribution >= 0.6 is 11.8 Å². The first-order valence-corrected chi connectivity index (χ1v) is 8.62. The summed E-state index contributed by atoms with van der Waals surface area (Å²) in [6.45, 7) is 4.33. The van der Waals surface area contributed by atoms with Crippen LogP contribution in [0.25, 0.3) is 11.4 Å². The van der Waals surface area contributed by atoms with Gasteiger partial charge in [0, 0.05) is 17.9 Å². The number of allylic oxidation sites excluding steroid dienone is 1. The van der Waals surface area contributed by atoms with Crippen molar-refractivity contribution in [3.05, 3.63) is 78.1 Å². The number of nitrogens with zero attached hydrogens (tertiary/aromatic N) is 4. The summed E-state index contributed by atoms with van der Waals surface area (Å²) in [5.41, 5.74) is 2.40. The SMILES string of the molecule is C=CCn1c(SCc2ccccc2C#N)nnc1-c1ccc(F)cc1. The van der Waals surface area contributed by atoms with Crippen LogP contribution in [-0.4, -0.2) is 14.8 Å². The van der Waals surface area contributed by atoms with Crippen molar-refractivity contribution in [1.82, 2.24) is 14.8 Å². The number of hydrogen-bond acceptors (Lipinski definition) is 4. The molecule has 3 aromatic rings. The Balaban J connectivity index is 1.88. The molecule has 0 N–H and O–H groups in total. The van der Waals surface area contributed by atoms with Gasteiger partial charge in [-0.15, -0.1) is 16.8 Å². The minimum atomic E-state index is -0.291. The van der Waals surface area contributed by atoms with E-state index in [1.54, 1.807) is 24.3 Å². The van der Waals surface area contributed by atoms with Crippen LogP contribution in [0.5, 0.6) is 0 Å². The van der Waals surface area contributed by atoms with Crippen LogP contribution in [0.2, 0.25) is 0 Å². The fourth-order valence-electron chi connectivity index (χ4n) is 2.40. The molecule has 0 aliphatic heterocycles. The van der Waals surface area contributed by atoms with E-state index in [0.29, 0.717) is 23.7 Å². The Morgan fingerprint density at radius 2 is 1.92 bits per heavy atom. The third-order valence-electron chi connectivity index (χ3n) is 3.63. The van der Waals surface area contributed by atoms with E-state index in [4.69, 9.17) is 0 Å². The van der Waals surface area contributed by atoms with Gasteiger partial charge in [0.2, 0.25) is 0 Å². The maximum Gasteiger partial charge on any atom is 0.192 e. The van der Waals surface area contributed by atoms with Gasteiger partial charge in [-0.3, -0.25) is 4.57 Å². The Morgan fingerprint density at radius 1 is 1.16 bits per heavy atom. The summed E-state index contributed by atoms with van der Waals surface area (Å²) >= 11 is 1.50. The molecule has 0 spiro atoms. The Kier molecular flexibility index (Phi) is 5.26.